The Morgan fingerprint density at radius 2 is 1.73 bits per heavy atom. The molecule has 1 aromatic rings. The maximum absolute atomic E-state index is 13.5. The molecule has 4 rings (SSSR count). The maximum atomic E-state index is 13.5. The topological polar surface area (TPSA) is 101 Å². The zero-order valence-electron chi connectivity index (χ0n) is 19.2. The van der Waals surface area contributed by atoms with Crippen molar-refractivity contribution in [3.05, 3.63) is 29.8 Å². The fourth-order valence-corrected chi connectivity index (χ4v) is 7.22. The van der Waals surface area contributed by atoms with E-state index in [1.807, 2.05) is 0 Å². The van der Waals surface area contributed by atoms with Gasteiger partial charge in [0.1, 0.15) is 6.04 Å². The van der Waals surface area contributed by atoms with Crippen LogP contribution in [0.3, 0.4) is 0 Å². The number of hydrogen-bond acceptors (Lipinski definition) is 6. The molecule has 3 unspecified atom stereocenters. The summed E-state index contributed by atoms with van der Waals surface area (Å²) in [5, 5.41) is 0. The van der Waals surface area contributed by atoms with Gasteiger partial charge in [-0.1, -0.05) is 25.0 Å². The Balaban J connectivity index is 1.46. The number of benzene rings is 1. The van der Waals surface area contributed by atoms with Crippen LogP contribution in [0.5, 0.6) is 0 Å². The molecular formula is C24H32N2O6S. The third-order valence-electron chi connectivity index (χ3n) is 7.50. The SMILES string of the molecule is COC(=O)C1CC2CCCCC2N1C(=O)C1CCN(S(=O)(=O)c2cccc(C(C)=O)c2)CC1. The largest absolute Gasteiger partial charge is 0.467 e. The number of fused-ring (bicyclic) bond motifs is 1. The van der Waals surface area contributed by atoms with Crippen molar-refractivity contribution in [2.24, 2.45) is 11.8 Å². The van der Waals surface area contributed by atoms with E-state index in [4.69, 9.17) is 4.74 Å². The number of carbonyl (C=O) groups excluding carboxylic acids is 3. The lowest BCUT2D eigenvalue weighted by molar-refractivity contribution is -0.154. The number of esters is 1. The fraction of sp³-hybridized carbons (Fsp3) is 0.625. The van der Waals surface area contributed by atoms with E-state index < -0.39 is 16.1 Å². The molecule has 0 bridgehead atoms. The van der Waals surface area contributed by atoms with Gasteiger partial charge in [0.25, 0.3) is 0 Å². The molecule has 33 heavy (non-hydrogen) atoms. The molecule has 2 aliphatic heterocycles. The molecule has 3 fully saturated rings. The second kappa shape index (κ2) is 9.54. The minimum atomic E-state index is -3.75. The number of ether oxygens (including phenoxy) is 1. The third kappa shape index (κ3) is 4.57. The maximum Gasteiger partial charge on any atom is 0.328 e. The van der Waals surface area contributed by atoms with Crippen molar-refractivity contribution >= 4 is 27.7 Å². The molecule has 0 spiro atoms. The highest BCUT2D eigenvalue weighted by Crippen LogP contribution is 2.41. The summed E-state index contributed by atoms with van der Waals surface area (Å²) >= 11 is 0. The van der Waals surface area contributed by atoms with Crippen molar-refractivity contribution < 1.29 is 27.5 Å². The molecule has 1 amide bonds. The lowest BCUT2D eigenvalue weighted by atomic mass is 9.84. The van der Waals surface area contributed by atoms with Gasteiger partial charge in [-0.05, 0) is 57.1 Å². The van der Waals surface area contributed by atoms with Crippen molar-refractivity contribution in [3.63, 3.8) is 0 Å². The Labute approximate surface area is 195 Å². The lowest BCUT2D eigenvalue weighted by Crippen LogP contribution is -2.51. The van der Waals surface area contributed by atoms with Gasteiger partial charge in [0.2, 0.25) is 15.9 Å². The van der Waals surface area contributed by atoms with Crippen molar-refractivity contribution in [2.75, 3.05) is 20.2 Å². The van der Waals surface area contributed by atoms with Crippen molar-refractivity contribution in [2.45, 2.75) is 68.8 Å². The molecule has 1 aliphatic carbocycles. The Morgan fingerprint density at radius 1 is 1.03 bits per heavy atom. The van der Waals surface area contributed by atoms with E-state index in [9.17, 15) is 22.8 Å². The van der Waals surface area contributed by atoms with E-state index >= 15 is 0 Å². The summed E-state index contributed by atoms with van der Waals surface area (Å²) in [6.45, 7) is 1.86. The number of ketones is 1. The summed E-state index contributed by atoms with van der Waals surface area (Å²) in [6.07, 6.45) is 5.58. The quantitative estimate of drug-likeness (QED) is 0.478. The fourth-order valence-electron chi connectivity index (χ4n) is 5.70. The number of amides is 1. The van der Waals surface area contributed by atoms with E-state index in [0.29, 0.717) is 30.7 Å². The predicted octanol–water partition coefficient (Wildman–Crippen LogP) is 2.62. The average Bonchev–Trinajstić information content (AvgIpc) is 3.23. The highest BCUT2D eigenvalue weighted by atomic mass is 32.2. The first-order chi connectivity index (χ1) is 15.7. The Hall–Kier alpha value is -2.26. The number of rotatable bonds is 5. The molecule has 0 aromatic heterocycles. The Morgan fingerprint density at radius 3 is 2.39 bits per heavy atom. The van der Waals surface area contributed by atoms with Crippen LogP contribution in [0, 0.1) is 11.8 Å². The summed E-state index contributed by atoms with van der Waals surface area (Å²) < 4.78 is 32.6. The van der Waals surface area contributed by atoms with Gasteiger partial charge >= 0.3 is 5.97 Å². The molecule has 3 aliphatic rings. The van der Waals surface area contributed by atoms with Crippen LogP contribution in [0.25, 0.3) is 0 Å². The number of Topliss-reactive ketones (excluding diaryl/α,β-unsaturated/α-hetero) is 1. The first-order valence-electron chi connectivity index (χ1n) is 11.7. The number of hydrogen-bond donors (Lipinski definition) is 0. The second-order valence-corrected chi connectivity index (χ2v) is 11.3. The van der Waals surface area contributed by atoms with Crippen LogP contribution in [0.4, 0.5) is 0 Å². The molecule has 3 atom stereocenters. The van der Waals surface area contributed by atoms with Crippen LogP contribution in [-0.4, -0.2) is 67.6 Å². The molecule has 1 saturated carbocycles. The van der Waals surface area contributed by atoms with Crippen LogP contribution in [-0.2, 0) is 24.3 Å². The van der Waals surface area contributed by atoms with Crippen molar-refractivity contribution in [1.29, 1.82) is 0 Å². The highest BCUT2D eigenvalue weighted by molar-refractivity contribution is 7.89. The van der Waals surface area contributed by atoms with Crippen LogP contribution in [0.2, 0.25) is 0 Å². The molecular weight excluding hydrogens is 444 g/mol. The lowest BCUT2D eigenvalue weighted by Gasteiger charge is -2.38. The Bertz CT molecular complexity index is 1030. The molecule has 180 valence electrons. The van der Waals surface area contributed by atoms with Crippen LogP contribution in [0.15, 0.2) is 29.2 Å². The average molecular weight is 477 g/mol. The molecule has 9 heteroatoms. The molecule has 1 aromatic carbocycles. The van der Waals surface area contributed by atoms with Gasteiger partial charge in [0, 0.05) is 30.6 Å². The smallest absolute Gasteiger partial charge is 0.328 e. The molecule has 2 saturated heterocycles. The van der Waals surface area contributed by atoms with E-state index in [2.05, 4.69) is 0 Å². The van der Waals surface area contributed by atoms with E-state index in [1.54, 1.807) is 17.0 Å². The van der Waals surface area contributed by atoms with Gasteiger partial charge in [-0.25, -0.2) is 13.2 Å². The number of likely N-dealkylation sites (tertiary alicyclic amines) is 1. The number of nitrogens with zero attached hydrogens (tertiary/aromatic N) is 2. The first-order valence-corrected chi connectivity index (χ1v) is 13.2. The van der Waals surface area contributed by atoms with E-state index in [1.165, 1.54) is 30.5 Å². The summed E-state index contributed by atoms with van der Waals surface area (Å²) in [5.41, 5.74) is 0.353. The van der Waals surface area contributed by atoms with E-state index in [0.717, 1.165) is 25.7 Å². The van der Waals surface area contributed by atoms with Gasteiger partial charge in [-0.15, -0.1) is 0 Å². The van der Waals surface area contributed by atoms with Crippen molar-refractivity contribution in [3.8, 4) is 0 Å². The van der Waals surface area contributed by atoms with Crippen LogP contribution < -0.4 is 0 Å². The number of sulfonamides is 1. The van der Waals surface area contributed by atoms with Crippen molar-refractivity contribution in [1.82, 2.24) is 9.21 Å². The normalized spacial score (nSPS) is 26.6. The van der Waals surface area contributed by atoms with Gasteiger partial charge in [-0.3, -0.25) is 9.59 Å². The summed E-state index contributed by atoms with van der Waals surface area (Å²) in [5.74, 6) is -0.574. The minimum Gasteiger partial charge on any atom is -0.467 e. The highest BCUT2D eigenvalue weighted by Gasteiger charge is 2.49. The molecule has 0 N–H and O–H groups in total. The Kier molecular flexibility index (Phi) is 6.91. The summed E-state index contributed by atoms with van der Waals surface area (Å²) in [7, 11) is -2.39. The summed E-state index contributed by atoms with van der Waals surface area (Å²) in [6, 6.07) is 5.61. The molecule has 2 heterocycles. The minimum absolute atomic E-state index is 0.0459. The monoisotopic (exact) mass is 476 g/mol. The second-order valence-electron chi connectivity index (χ2n) is 9.39. The molecule has 0 radical (unpaired) electrons. The number of methoxy groups -OCH3 is 1. The van der Waals surface area contributed by atoms with Gasteiger partial charge < -0.3 is 9.64 Å². The van der Waals surface area contributed by atoms with Crippen LogP contribution >= 0.6 is 0 Å². The molecule has 8 nitrogen and oxygen atoms in total. The van der Waals surface area contributed by atoms with Gasteiger partial charge in [-0.2, -0.15) is 4.31 Å². The third-order valence-corrected chi connectivity index (χ3v) is 9.39. The predicted molar refractivity (Wildman–Crippen MR) is 121 cm³/mol. The zero-order valence-corrected chi connectivity index (χ0v) is 20.1. The zero-order chi connectivity index (χ0) is 23.8. The van der Waals surface area contributed by atoms with Gasteiger partial charge in [0.15, 0.2) is 5.78 Å². The number of piperidine rings is 1. The number of carbonyl (C=O) groups is 3. The summed E-state index contributed by atoms with van der Waals surface area (Å²) in [4.78, 5) is 39.5. The standard InChI is InChI=1S/C24H32N2O6S/c1-16(27)18-7-5-8-20(14-18)33(30,31)25-12-10-17(11-13-25)23(28)26-21-9-4-3-6-19(21)15-22(26)24(29)32-2/h5,7-8,14,17,19,21-22H,3-4,6,9-13,15H2,1-2H3. The first kappa shape index (κ1) is 23.9. The van der Waals surface area contributed by atoms with Gasteiger partial charge in [0.05, 0.1) is 12.0 Å². The van der Waals surface area contributed by atoms with E-state index in [-0.39, 0.29) is 47.6 Å². The van der Waals surface area contributed by atoms with Crippen LogP contribution in [0.1, 0.15) is 62.2 Å².